The summed E-state index contributed by atoms with van der Waals surface area (Å²) in [5.74, 6) is -0.735. The fourth-order valence-electron chi connectivity index (χ4n) is 2.64. The van der Waals surface area contributed by atoms with Gasteiger partial charge in [-0.25, -0.2) is 4.98 Å². The van der Waals surface area contributed by atoms with E-state index in [2.05, 4.69) is 22.2 Å². The molecule has 2 aromatic heterocycles. The minimum Gasteiger partial charge on any atom is -0.366 e. The number of rotatable bonds is 6. The van der Waals surface area contributed by atoms with E-state index < -0.39 is 5.91 Å². The van der Waals surface area contributed by atoms with Crippen LogP contribution in [0.25, 0.3) is 10.6 Å². The molecule has 6 nitrogen and oxygen atoms in total. The summed E-state index contributed by atoms with van der Waals surface area (Å²) in [7, 11) is 0. The maximum Gasteiger partial charge on any atom is 0.267 e. The van der Waals surface area contributed by atoms with Crippen molar-refractivity contribution in [2.24, 2.45) is 5.73 Å². The number of nitrogens with one attached hydrogen (secondary N) is 1. The fraction of sp³-hybridized carbons (Fsp3) is 0.200. The van der Waals surface area contributed by atoms with E-state index in [1.807, 2.05) is 19.1 Å². The molecule has 0 saturated carbocycles. The molecule has 0 unspecified atom stereocenters. The van der Waals surface area contributed by atoms with E-state index in [9.17, 15) is 9.59 Å². The molecule has 138 valence electrons. The van der Waals surface area contributed by atoms with Crippen molar-refractivity contribution < 1.29 is 9.59 Å². The molecule has 0 aliphatic carbocycles. The number of nitrogens with two attached hydrogens (primary N) is 1. The van der Waals surface area contributed by atoms with Crippen LogP contribution in [0.1, 0.15) is 44.8 Å². The Kier molecular flexibility index (Phi) is 5.61. The zero-order valence-electron chi connectivity index (χ0n) is 15.2. The maximum atomic E-state index is 12.6. The summed E-state index contributed by atoms with van der Waals surface area (Å²) in [6.45, 7) is 3.93. The number of pyridine rings is 1. The lowest BCUT2D eigenvalue weighted by Crippen LogP contribution is -2.13. The highest BCUT2D eigenvalue weighted by Gasteiger charge is 2.17. The van der Waals surface area contributed by atoms with Gasteiger partial charge in [0.2, 0.25) is 5.91 Å². The lowest BCUT2D eigenvalue weighted by molar-refractivity contribution is 0.0998. The topological polar surface area (TPSA) is 98.0 Å². The van der Waals surface area contributed by atoms with Crippen LogP contribution in [-0.4, -0.2) is 21.8 Å². The van der Waals surface area contributed by atoms with Crippen LogP contribution in [0.2, 0.25) is 0 Å². The van der Waals surface area contributed by atoms with Gasteiger partial charge in [-0.05, 0) is 49.7 Å². The van der Waals surface area contributed by atoms with Crippen molar-refractivity contribution in [3.63, 3.8) is 0 Å². The number of carbonyl (C=O) groups excluding carboxylic acids is 2. The molecule has 0 bridgehead atoms. The highest BCUT2D eigenvalue weighted by molar-refractivity contribution is 7.17. The van der Waals surface area contributed by atoms with Gasteiger partial charge in [0.15, 0.2) is 0 Å². The number of aryl methyl sites for hydroxylation is 2. The number of benzene rings is 1. The molecule has 0 spiro atoms. The second-order valence-electron chi connectivity index (χ2n) is 6.12. The summed E-state index contributed by atoms with van der Waals surface area (Å²) in [5, 5.41) is 3.62. The van der Waals surface area contributed by atoms with E-state index in [1.54, 1.807) is 30.5 Å². The van der Waals surface area contributed by atoms with E-state index in [0.29, 0.717) is 21.8 Å². The minimum atomic E-state index is -0.504. The highest BCUT2D eigenvalue weighted by atomic mass is 32.1. The molecule has 0 atom stereocenters. The Balaban J connectivity index is 1.80. The SMILES string of the molecule is CCCc1cc(-c2nc(C)c(C(=O)Nc3ccc(C(N)=O)cc3)s2)ccn1. The van der Waals surface area contributed by atoms with Gasteiger partial charge in [0, 0.05) is 28.7 Å². The first-order valence-electron chi connectivity index (χ1n) is 8.62. The molecular formula is C20H20N4O2S. The van der Waals surface area contributed by atoms with Crippen LogP contribution in [0, 0.1) is 6.92 Å². The maximum absolute atomic E-state index is 12.6. The summed E-state index contributed by atoms with van der Waals surface area (Å²) >= 11 is 1.35. The summed E-state index contributed by atoms with van der Waals surface area (Å²) in [6, 6.07) is 10.4. The molecule has 0 saturated heterocycles. The van der Waals surface area contributed by atoms with Crippen LogP contribution in [0.5, 0.6) is 0 Å². The molecule has 0 fully saturated rings. The second-order valence-corrected chi connectivity index (χ2v) is 7.11. The van der Waals surface area contributed by atoms with Gasteiger partial charge in [-0.1, -0.05) is 13.3 Å². The van der Waals surface area contributed by atoms with Gasteiger partial charge in [0.25, 0.3) is 5.91 Å². The molecule has 3 rings (SSSR count). The molecule has 27 heavy (non-hydrogen) atoms. The third kappa shape index (κ3) is 4.38. The monoisotopic (exact) mass is 380 g/mol. The Bertz CT molecular complexity index is 980. The van der Waals surface area contributed by atoms with Crippen molar-refractivity contribution >= 4 is 28.8 Å². The molecule has 2 heterocycles. The van der Waals surface area contributed by atoms with Crippen molar-refractivity contribution in [1.82, 2.24) is 9.97 Å². The largest absolute Gasteiger partial charge is 0.366 e. The van der Waals surface area contributed by atoms with Crippen molar-refractivity contribution in [3.8, 4) is 10.6 Å². The van der Waals surface area contributed by atoms with Gasteiger partial charge >= 0.3 is 0 Å². The number of hydrogen-bond acceptors (Lipinski definition) is 5. The number of thiazole rings is 1. The van der Waals surface area contributed by atoms with Crippen molar-refractivity contribution in [2.75, 3.05) is 5.32 Å². The van der Waals surface area contributed by atoms with Gasteiger partial charge in [-0.2, -0.15) is 0 Å². The van der Waals surface area contributed by atoms with E-state index >= 15 is 0 Å². The van der Waals surface area contributed by atoms with Crippen LogP contribution in [0.3, 0.4) is 0 Å². The predicted molar refractivity (Wildman–Crippen MR) is 107 cm³/mol. The smallest absolute Gasteiger partial charge is 0.267 e. The van der Waals surface area contributed by atoms with Gasteiger partial charge in [0.05, 0.1) is 5.69 Å². The molecule has 2 amide bonds. The van der Waals surface area contributed by atoms with Crippen LogP contribution >= 0.6 is 11.3 Å². The van der Waals surface area contributed by atoms with Crippen molar-refractivity contribution in [2.45, 2.75) is 26.7 Å². The van der Waals surface area contributed by atoms with Gasteiger partial charge in [0.1, 0.15) is 9.88 Å². The zero-order valence-corrected chi connectivity index (χ0v) is 16.0. The Labute approximate surface area is 161 Å². The number of primary amides is 1. The fourth-order valence-corrected chi connectivity index (χ4v) is 3.60. The first-order chi connectivity index (χ1) is 13.0. The Morgan fingerprint density at radius 3 is 2.59 bits per heavy atom. The number of amides is 2. The average molecular weight is 380 g/mol. The molecule has 1 aromatic carbocycles. The summed E-state index contributed by atoms with van der Waals surface area (Å²) in [5.41, 5.74) is 8.87. The molecular weight excluding hydrogens is 360 g/mol. The third-order valence-electron chi connectivity index (χ3n) is 4.00. The molecule has 0 radical (unpaired) electrons. The Morgan fingerprint density at radius 1 is 1.19 bits per heavy atom. The number of anilines is 1. The predicted octanol–water partition coefficient (Wildman–Crippen LogP) is 3.82. The molecule has 0 aliphatic rings. The number of hydrogen-bond donors (Lipinski definition) is 2. The van der Waals surface area contributed by atoms with E-state index in [4.69, 9.17) is 5.73 Å². The standard InChI is InChI=1S/C20H20N4O2S/c1-3-4-16-11-14(9-10-22-16)20-23-12(2)17(27-20)19(26)24-15-7-5-13(6-8-15)18(21)25/h5-11H,3-4H2,1-2H3,(H2,21,25)(H,24,26). The Morgan fingerprint density at radius 2 is 1.93 bits per heavy atom. The molecule has 3 aromatic rings. The zero-order chi connectivity index (χ0) is 19.4. The summed E-state index contributed by atoms with van der Waals surface area (Å²) < 4.78 is 0. The van der Waals surface area contributed by atoms with Crippen LogP contribution in [0.15, 0.2) is 42.6 Å². The van der Waals surface area contributed by atoms with Crippen molar-refractivity contribution in [3.05, 3.63) is 64.4 Å². The lowest BCUT2D eigenvalue weighted by atomic mass is 10.2. The normalized spacial score (nSPS) is 10.6. The van der Waals surface area contributed by atoms with E-state index in [-0.39, 0.29) is 5.91 Å². The first-order valence-corrected chi connectivity index (χ1v) is 9.43. The van der Waals surface area contributed by atoms with Crippen LogP contribution in [-0.2, 0) is 6.42 Å². The van der Waals surface area contributed by atoms with Gasteiger partial charge in [-0.15, -0.1) is 11.3 Å². The Hall–Kier alpha value is -3.06. The number of nitrogens with zero attached hydrogens (tertiary/aromatic N) is 2. The van der Waals surface area contributed by atoms with Gasteiger partial charge in [-0.3, -0.25) is 14.6 Å². The first kappa shape index (κ1) is 18.7. The van der Waals surface area contributed by atoms with Crippen molar-refractivity contribution in [1.29, 1.82) is 0 Å². The van der Waals surface area contributed by atoms with Gasteiger partial charge < -0.3 is 11.1 Å². The number of carbonyl (C=O) groups is 2. The molecule has 0 aliphatic heterocycles. The third-order valence-corrected chi connectivity index (χ3v) is 5.21. The van der Waals surface area contributed by atoms with E-state index in [0.717, 1.165) is 29.1 Å². The minimum absolute atomic E-state index is 0.231. The van der Waals surface area contributed by atoms with E-state index in [1.165, 1.54) is 11.3 Å². The summed E-state index contributed by atoms with van der Waals surface area (Å²) in [4.78, 5) is 33.2. The number of aromatic nitrogens is 2. The molecule has 7 heteroatoms. The highest BCUT2D eigenvalue weighted by Crippen LogP contribution is 2.29. The quantitative estimate of drug-likeness (QED) is 0.679. The average Bonchev–Trinajstić information content (AvgIpc) is 3.05. The molecule has 3 N–H and O–H groups in total. The van der Waals surface area contributed by atoms with Crippen LogP contribution < -0.4 is 11.1 Å². The summed E-state index contributed by atoms with van der Waals surface area (Å²) in [6.07, 6.45) is 3.71. The van der Waals surface area contributed by atoms with Crippen LogP contribution in [0.4, 0.5) is 5.69 Å². The second kappa shape index (κ2) is 8.09. The lowest BCUT2D eigenvalue weighted by Gasteiger charge is -2.04.